The van der Waals surface area contributed by atoms with Crippen LogP contribution in [-0.2, 0) is 7.05 Å². The quantitative estimate of drug-likeness (QED) is 0.769. The molecule has 0 aliphatic rings. The lowest BCUT2D eigenvalue weighted by Gasteiger charge is -1.99. The topological polar surface area (TPSA) is 54.5 Å². The second-order valence-electron chi connectivity index (χ2n) is 3.08. The van der Waals surface area contributed by atoms with E-state index in [9.17, 15) is 0 Å². The molecule has 0 bridgehead atoms. The molecule has 0 saturated heterocycles. The smallest absolute Gasteiger partial charge is 0.131 e. The Morgan fingerprint density at radius 3 is 2.94 bits per heavy atom. The molecule has 0 amide bonds. The molecule has 6 heteroatoms. The number of aromatic nitrogens is 3. The molecule has 2 aromatic rings. The Hall–Kier alpha value is -1.51. The molecule has 0 spiro atoms. The summed E-state index contributed by atoms with van der Waals surface area (Å²) in [6, 6.07) is 5.28. The third kappa shape index (κ3) is 2.54. The second-order valence-corrected chi connectivity index (χ2v) is 4.56. The number of aryl methyl sites for hydroxylation is 1. The van der Waals surface area contributed by atoms with Crippen molar-refractivity contribution in [2.45, 2.75) is 9.92 Å². The van der Waals surface area contributed by atoms with Gasteiger partial charge in [0.25, 0.3) is 0 Å². The molecule has 0 fully saturated rings. The molecule has 2 aromatic heterocycles. The lowest BCUT2D eigenvalue weighted by molar-refractivity contribution is 0.766. The van der Waals surface area contributed by atoms with Crippen LogP contribution < -0.4 is 0 Å². The number of pyridine rings is 1. The number of rotatable bonds is 2. The second kappa shape index (κ2) is 4.56. The normalized spacial score (nSPS) is 10.1. The number of nitriles is 1. The molecule has 0 aliphatic heterocycles. The van der Waals surface area contributed by atoms with Gasteiger partial charge >= 0.3 is 0 Å². The average molecular weight is 251 g/mol. The highest BCUT2D eigenvalue weighted by Gasteiger charge is 2.04. The van der Waals surface area contributed by atoms with Crippen molar-refractivity contribution < 1.29 is 0 Å². The Kier molecular flexibility index (Phi) is 3.13. The summed E-state index contributed by atoms with van der Waals surface area (Å²) in [6.07, 6.45) is 3.61. The van der Waals surface area contributed by atoms with Crippen molar-refractivity contribution >= 4 is 23.4 Å². The van der Waals surface area contributed by atoms with Crippen LogP contribution in [0.1, 0.15) is 5.56 Å². The molecular formula is C10H7ClN4S. The predicted octanol–water partition coefficient (Wildman–Crippen LogP) is 2.49. The lowest BCUT2D eigenvalue weighted by Crippen LogP contribution is -1.85. The van der Waals surface area contributed by atoms with Gasteiger partial charge in [0.1, 0.15) is 10.2 Å². The van der Waals surface area contributed by atoms with Gasteiger partial charge in [-0.2, -0.15) is 10.4 Å². The number of nitrogens with zero attached hydrogens (tertiary/aromatic N) is 4. The first-order valence-electron chi connectivity index (χ1n) is 4.41. The zero-order valence-corrected chi connectivity index (χ0v) is 9.96. The van der Waals surface area contributed by atoms with Crippen molar-refractivity contribution in [2.75, 3.05) is 0 Å². The standard InChI is InChI=1S/C10H7ClN4S/c1-15-6-8(5-13-15)16-10-3-7(4-12)2-9(11)14-10/h2-3,5-6H,1H3. The predicted molar refractivity (Wildman–Crippen MR) is 61.3 cm³/mol. The summed E-state index contributed by atoms with van der Waals surface area (Å²) in [6.45, 7) is 0. The summed E-state index contributed by atoms with van der Waals surface area (Å²) < 4.78 is 1.71. The van der Waals surface area contributed by atoms with Crippen LogP contribution in [0.15, 0.2) is 34.4 Å². The van der Waals surface area contributed by atoms with Gasteiger partial charge in [-0.15, -0.1) is 0 Å². The van der Waals surface area contributed by atoms with Crippen LogP contribution in [0.4, 0.5) is 0 Å². The first-order chi connectivity index (χ1) is 7.67. The van der Waals surface area contributed by atoms with Gasteiger partial charge in [-0.05, 0) is 12.1 Å². The monoisotopic (exact) mass is 250 g/mol. The summed E-state index contributed by atoms with van der Waals surface area (Å²) in [4.78, 5) is 5.09. The Morgan fingerprint density at radius 1 is 1.50 bits per heavy atom. The fourth-order valence-corrected chi connectivity index (χ4v) is 2.30. The summed E-state index contributed by atoms with van der Waals surface area (Å²) in [5, 5.41) is 13.9. The van der Waals surface area contributed by atoms with Crippen LogP contribution in [-0.4, -0.2) is 14.8 Å². The van der Waals surface area contributed by atoms with Gasteiger partial charge in [0.2, 0.25) is 0 Å². The molecule has 4 nitrogen and oxygen atoms in total. The number of halogens is 1. The van der Waals surface area contributed by atoms with Crippen LogP contribution >= 0.6 is 23.4 Å². The lowest BCUT2D eigenvalue weighted by atomic mass is 10.3. The SMILES string of the molecule is Cn1cc(Sc2cc(C#N)cc(Cl)n2)cn1. The fourth-order valence-electron chi connectivity index (χ4n) is 1.16. The van der Waals surface area contributed by atoms with Crippen LogP contribution in [0.5, 0.6) is 0 Å². The molecule has 80 valence electrons. The van der Waals surface area contributed by atoms with Gasteiger partial charge in [0.05, 0.1) is 22.7 Å². The summed E-state index contributed by atoms with van der Waals surface area (Å²) >= 11 is 7.23. The van der Waals surface area contributed by atoms with Crippen molar-refractivity contribution in [3.63, 3.8) is 0 Å². The number of hydrogen-bond donors (Lipinski definition) is 0. The Balaban J connectivity index is 2.28. The first kappa shape index (κ1) is 11.0. The van der Waals surface area contributed by atoms with Crippen LogP contribution in [0, 0.1) is 11.3 Å². The van der Waals surface area contributed by atoms with Gasteiger partial charge in [0, 0.05) is 13.2 Å². The minimum Gasteiger partial charge on any atom is -0.275 e. The maximum absolute atomic E-state index is 8.79. The molecule has 0 aliphatic carbocycles. The molecule has 0 aromatic carbocycles. The largest absolute Gasteiger partial charge is 0.275 e. The summed E-state index contributed by atoms with van der Waals surface area (Å²) in [7, 11) is 1.84. The minimum atomic E-state index is 0.324. The van der Waals surface area contributed by atoms with E-state index < -0.39 is 0 Å². The van der Waals surface area contributed by atoms with E-state index in [2.05, 4.69) is 10.1 Å². The van der Waals surface area contributed by atoms with E-state index in [0.29, 0.717) is 15.7 Å². The van der Waals surface area contributed by atoms with Crippen molar-refractivity contribution in [2.24, 2.45) is 7.05 Å². The van der Waals surface area contributed by atoms with Gasteiger partial charge in [0.15, 0.2) is 0 Å². The van der Waals surface area contributed by atoms with E-state index in [-0.39, 0.29) is 0 Å². The molecule has 0 atom stereocenters. The van der Waals surface area contributed by atoms with E-state index in [1.54, 1.807) is 16.9 Å². The number of hydrogen-bond acceptors (Lipinski definition) is 4. The minimum absolute atomic E-state index is 0.324. The molecule has 2 rings (SSSR count). The van der Waals surface area contributed by atoms with Gasteiger partial charge in [-0.25, -0.2) is 4.98 Å². The molecular weight excluding hydrogens is 244 g/mol. The van der Waals surface area contributed by atoms with E-state index in [4.69, 9.17) is 16.9 Å². The highest BCUT2D eigenvalue weighted by atomic mass is 35.5. The summed E-state index contributed by atoms with van der Waals surface area (Å²) in [5.41, 5.74) is 0.506. The molecule has 2 heterocycles. The van der Waals surface area contributed by atoms with Gasteiger partial charge in [-0.3, -0.25) is 4.68 Å². The van der Waals surface area contributed by atoms with Crippen molar-refractivity contribution in [1.82, 2.24) is 14.8 Å². The summed E-state index contributed by atoms with van der Waals surface area (Å²) in [5.74, 6) is 0. The molecule has 0 unspecified atom stereocenters. The van der Waals surface area contributed by atoms with Crippen LogP contribution in [0.3, 0.4) is 0 Å². The van der Waals surface area contributed by atoms with E-state index in [1.807, 2.05) is 19.3 Å². The van der Waals surface area contributed by atoms with Crippen LogP contribution in [0.2, 0.25) is 5.15 Å². The third-order valence-corrected chi connectivity index (χ3v) is 2.86. The highest BCUT2D eigenvalue weighted by molar-refractivity contribution is 7.99. The Bertz CT molecular complexity index is 558. The van der Waals surface area contributed by atoms with E-state index >= 15 is 0 Å². The van der Waals surface area contributed by atoms with Crippen LogP contribution in [0.25, 0.3) is 0 Å². The van der Waals surface area contributed by atoms with Gasteiger partial charge in [-0.1, -0.05) is 23.4 Å². The average Bonchev–Trinajstić information content (AvgIpc) is 2.63. The maximum atomic E-state index is 8.79. The van der Waals surface area contributed by atoms with E-state index in [1.165, 1.54) is 17.8 Å². The highest BCUT2D eigenvalue weighted by Crippen LogP contribution is 2.27. The van der Waals surface area contributed by atoms with Crippen molar-refractivity contribution in [1.29, 1.82) is 5.26 Å². The maximum Gasteiger partial charge on any atom is 0.131 e. The Labute approximate surface area is 102 Å². The zero-order valence-electron chi connectivity index (χ0n) is 8.38. The third-order valence-electron chi connectivity index (χ3n) is 1.80. The fraction of sp³-hybridized carbons (Fsp3) is 0.100. The van der Waals surface area contributed by atoms with E-state index in [0.717, 1.165) is 4.90 Å². The Morgan fingerprint density at radius 2 is 2.31 bits per heavy atom. The zero-order chi connectivity index (χ0) is 11.5. The molecule has 0 radical (unpaired) electrons. The molecule has 0 N–H and O–H groups in total. The molecule has 0 saturated carbocycles. The first-order valence-corrected chi connectivity index (χ1v) is 5.61. The van der Waals surface area contributed by atoms with Crippen molar-refractivity contribution in [3.8, 4) is 6.07 Å². The van der Waals surface area contributed by atoms with Crippen molar-refractivity contribution in [3.05, 3.63) is 35.2 Å². The van der Waals surface area contributed by atoms with Gasteiger partial charge < -0.3 is 0 Å². The molecule has 16 heavy (non-hydrogen) atoms.